The van der Waals surface area contributed by atoms with E-state index >= 15 is 0 Å². The number of benzene rings is 3. The van der Waals surface area contributed by atoms with Crippen molar-refractivity contribution in [1.29, 1.82) is 0 Å². The summed E-state index contributed by atoms with van der Waals surface area (Å²) in [5.41, 5.74) is 10.5. The van der Waals surface area contributed by atoms with Gasteiger partial charge in [-0.1, -0.05) is 55.0 Å². The predicted molar refractivity (Wildman–Crippen MR) is 197 cm³/mol. The number of aliphatic hydroxyl groups excluding tert-OH is 1. The first kappa shape index (κ1) is 35.9. The van der Waals surface area contributed by atoms with Crippen molar-refractivity contribution in [2.75, 3.05) is 54.0 Å². The van der Waals surface area contributed by atoms with Crippen LogP contribution in [0.1, 0.15) is 67.6 Å². The lowest BCUT2D eigenvalue weighted by Gasteiger charge is -2.40. The molecule has 0 unspecified atom stereocenters. The molecular weight excluding hydrogens is 646 g/mol. The zero-order valence-electron chi connectivity index (χ0n) is 28.8. The van der Waals surface area contributed by atoms with Gasteiger partial charge in [0.1, 0.15) is 0 Å². The number of hydrogen-bond acceptors (Lipinski definition) is 10. The average Bonchev–Trinajstić information content (AvgIpc) is 3.16. The van der Waals surface area contributed by atoms with Crippen molar-refractivity contribution in [2.24, 2.45) is 0 Å². The number of aromatic nitrogens is 2. The minimum absolute atomic E-state index is 0.00672. The van der Waals surface area contributed by atoms with Crippen molar-refractivity contribution >= 4 is 34.8 Å². The monoisotopic (exact) mass is 693 g/mol. The van der Waals surface area contributed by atoms with Gasteiger partial charge in [-0.3, -0.25) is 14.5 Å². The maximum Gasteiger partial charge on any atom is 0.225 e. The number of carbonyl (C=O) groups is 2. The molecule has 1 aromatic heterocycles. The number of ether oxygens (including phenoxy) is 2. The Labute approximate surface area is 299 Å². The Morgan fingerprint density at radius 2 is 1.45 bits per heavy atom. The topological polar surface area (TPSA) is 155 Å². The summed E-state index contributed by atoms with van der Waals surface area (Å²) in [5, 5.41) is 15.4. The zero-order valence-corrected chi connectivity index (χ0v) is 28.8. The predicted octanol–water partition coefficient (Wildman–Crippen LogP) is 5.45. The molecule has 12 heteroatoms. The van der Waals surface area contributed by atoms with Crippen LogP contribution >= 0.6 is 0 Å². The molecule has 3 heterocycles. The highest BCUT2D eigenvalue weighted by Gasteiger charge is 2.34. The Kier molecular flexibility index (Phi) is 12.6. The zero-order chi connectivity index (χ0) is 35.4. The van der Waals surface area contributed by atoms with Gasteiger partial charge in [-0.25, -0.2) is 9.97 Å². The first-order valence-electron chi connectivity index (χ1n) is 17.7. The molecule has 2 aliphatic rings. The van der Waals surface area contributed by atoms with E-state index in [1.54, 1.807) is 24.5 Å². The second-order valence-corrected chi connectivity index (χ2v) is 13.1. The molecule has 0 saturated carbocycles. The standard InChI is InChI=1S/C39H47N7O5/c40-33-7-4-5-8-34(33)44-37(49)10-3-1-2-9-36(48)43-31-17-15-30(16-18-31)38-50-32(25-35(51-38)29-13-11-28(27-47)12-14-29)26-45-21-23-46(24-22-45)39-41-19-6-20-42-39/h4-8,11-20,32,35,38,47H,1-3,9-10,21-27,40H2,(H,43,48)(H,44,49)/t32-,35+,38+/m1/s1. The SMILES string of the molecule is Nc1ccccc1NC(=O)CCCCCC(=O)Nc1ccc([C@H]2O[C@@H](CN3CCN(c4ncccn4)CC3)C[C@@H](c3ccc(CO)cc3)O2)cc1. The third kappa shape index (κ3) is 10.3. The van der Waals surface area contributed by atoms with E-state index in [0.717, 1.165) is 61.8 Å². The number of nitrogen functional groups attached to an aromatic ring is 1. The van der Waals surface area contributed by atoms with E-state index in [0.29, 0.717) is 49.2 Å². The van der Waals surface area contributed by atoms with Crippen molar-refractivity contribution in [3.63, 3.8) is 0 Å². The van der Waals surface area contributed by atoms with Gasteiger partial charge >= 0.3 is 0 Å². The molecule has 6 rings (SSSR count). The minimum Gasteiger partial charge on any atom is -0.397 e. The van der Waals surface area contributed by atoms with Crippen molar-refractivity contribution in [3.05, 3.63) is 108 Å². The average molecular weight is 694 g/mol. The van der Waals surface area contributed by atoms with Crippen LogP contribution in [-0.2, 0) is 25.7 Å². The summed E-state index contributed by atoms with van der Waals surface area (Å²) >= 11 is 0. The van der Waals surface area contributed by atoms with Crippen LogP contribution in [0.4, 0.5) is 23.0 Å². The Morgan fingerprint density at radius 3 is 2.14 bits per heavy atom. The number of nitrogens with zero attached hydrogens (tertiary/aromatic N) is 4. The van der Waals surface area contributed by atoms with Crippen LogP contribution in [0.3, 0.4) is 0 Å². The highest BCUT2D eigenvalue weighted by Crippen LogP contribution is 2.38. The number of piperazine rings is 1. The Bertz CT molecular complexity index is 1700. The smallest absolute Gasteiger partial charge is 0.225 e. The molecule has 5 N–H and O–H groups in total. The summed E-state index contributed by atoms with van der Waals surface area (Å²) in [7, 11) is 0. The molecule has 3 aromatic carbocycles. The number of nitrogens with one attached hydrogen (secondary N) is 2. The van der Waals surface area contributed by atoms with Crippen molar-refractivity contribution < 1.29 is 24.2 Å². The molecule has 3 atom stereocenters. The maximum absolute atomic E-state index is 12.7. The lowest BCUT2D eigenvalue weighted by Crippen LogP contribution is -2.50. The number of para-hydroxylation sites is 2. The molecule has 0 aliphatic carbocycles. The number of anilines is 4. The largest absolute Gasteiger partial charge is 0.397 e. The Hall–Kier alpha value is -4.88. The fraction of sp³-hybridized carbons (Fsp3) is 0.385. The minimum atomic E-state index is -0.578. The summed E-state index contributed by atoms with van der Waals surface area (Å²) in [6.45, 7) is 4.22. The second kappa shape index (κ2) is 17.9. The highest BCUT2D eigenvalue weighted by atomic mass is 16.7. The molecule has 51 heavy (non-hydrogen) atoms. The van der Waals surface area contributed by atoms with E-state index in [-0.39, 0.29) is 30.6 Å². The summed E-state index contributed by atoms with van der Waals surface area (Å²) in [5.74, 6) is 0.607. The van der Waals surface area contributed by atoms with Crippen LogP contribution in [0.2, 0.25) is 0 Å². The van der Waals surface area contributed by atoms with E-state index < -0.39 is 6.29 Å². The molecule has 2 saturated heterocycles. The van der Waals surface area contributed by atoms with Gasteiger partial charge in [-0.05, 0) is 54.3 Å². The van der Waals surface area contributed by atoms with Gasteiger partial charge in [-0.2, -0.15) is 0 Å². The van der Waals surface area contributed by atoms with Gasteiger partial charge in [0.05, 0.1) is 30.2 Å². The van der Waals surface area contributed by atoms with E-state index in [2.05, 4.69) is 30.4 Å². The molecule has 2 amide bonds. The molecule has 2 aliphatic heterocycles. The quantitative estimate of drug-likeness (QED) is 0.0991. The molecule has 0 bridgehead atoms. The fourth-order valence-corrected chi connectivity index (χ4v) is 6.42. The van der Waals surface area contributed by atoms with Crippen LogP contribution in [0.25, 0.3) is 0 Å². The summed E-state index contributed by atoms with van der Waals surface area (Å²) in [6.07, 6.45) is 6.32. The second-order valence-electron chi connectivity index (χ2n) is 13.1. The van der Waals surface area contributed by atoms with Crippen LogP contribution in [0.5, 0.6) is 0 Å². The summed E-state index contributed by atoms with van der Waals surface area (Å²) in [6, 6.07) is 24.5. The van der Waals surface area contributed by atoms with Gasteiger partial charge in [0.15, 0.2) is 6.29 Å². The maximum atomic E-state index is 12.7. The summed E-state index contributed by atoms with van der Waals surface area (Å²) in [4.78, 5) is 38.4. The lowest BCUT2D eigenvalue weighted by molar-refractivity contribution is -0.253. The lowest BCUT2D eigenvalue weighted by atomic mass is 9.99. The van der Waals surface area contributed by atoms with Gasteiger partial charge < -0.3 is 35.8 Å². The first-order valence-corrected chi connectivity index (χ1v) is 17.7. The molecular formula is C39H47N7O5. The number of amides is 2. The van der Waals surface area contributed by atoms with Crippen LogP contribution in [-0.4, -0.2) is 70.6 Å². The number of carbonyl (C=O) groups excluding carboxylic acids is 2. The van der Waals surface area contributed by atoms with Crippen LogP contribution in [0, 0.1) is 0 Å². The van der Waals surface area contributed by atoms with Crippen molar-refractivity contribution in [3.8, 4) is 0 Å². The molecule has 268 valence electrons. The highest BCUT2D eigenvalue weighted by molar-refractivity contribution is 5.93. The molecule has 2 fully saturated rings. The third-order valence-corrected chi connectivity index (χ3v) is 9.29. The Balaban J connectivity index is 0.992. The number of nitrogens with two attached hydrogens (primary N) is 1. The van der Waals surface area contributed by atoms with E-state index in [9.17, 15) is 14.7 Å². The number of rotatable bonds is 14. The third-order valence-electron chi connectivity index (χ3n) is 9.29. The van der Waals surface area contributed by atoms with Crippen molar-refractivity contribution in [1.82, 2.24) is 14.9 Å². The van der Waals surface area contributed by atoms with Crippen LogP contribution < -0.4 is 21.3 Å². The van der Waals surface area contributed by atoms with E-state index in [1.807, 2.05) is 66.7 Å². The first-order chi connectivity index (χ1) is 24.9. The van der Waals surface area contributed by atoms with Gasteiger partial charge in [-0.15, -0.1) is 0 Å². The molecule has 0 radical (unpaired) electrons. The fourth-order valence-electron chi connectivity index (χ4n) is 6.42. The number of hydrogen-bond donors (Lipinski definition) is 4. The summed E-state index contributed by atoms with van der Waals surface area (Å²) < 4.78 is 13.1. The van der Waals surface area contributed by atoms with Crippen LogP contribution in [0.15, 0.2) is 91.3 Å². The van der Waals surface area contributed by atoms with E-state index in [1.165, 1.54) is 0 Å². The number of aliphatic hydroxyl groups is 1. The van der Waals surface area contributed by atoms with Gasteiger partial charge in [0, 0.05) is 75.6 Å². The molecule has 4 aromatic rings. The van der Waals surface area contributed by atoms with Crippen molar-refractivity contribution in [2.45, 2.75) is 63.6 Å². The van der Waals surface area contributed by atoms with Gasteiger partial charge in [0.25, 0.3) is 0 Å². The molecule has 12 nitrogen and oxygen atoms in total. The normalized spacial score (nSPS) is 19.4. The van der Waals surface area contributed by atoms with Gasteiger partial charge in [0.2, 0.25) is 17.8 Å². The Morgan fingerprint density at radius 1 is 0.784 bits per heavy atom. The number of unbranched alkanes of at least 4 members (excludes halogenated alkanes) is 2. The molecule has 0 spiro atoms. The van der Waals surface area contributed by atoms with E-state index in [4.69, 9.17) is 15.2 Å².